The Hall–Kier alpha value is -1.16. The second-order valence-corrected chi connectivity index (χ2v) is 5.93. The first-order valence-electron chi connectivity index (χ1n) is 6.98. The molecule has 0 aromatic carbocycles. The molecule has 19 heavy (non-hydrogen) atoms. The quantitative estimate of drug-likeness (QED) is 0.537. The molecule has 0 amide bonds. The second-order valence-electron chi connectivity index (χ2n) is 5.93. The van der Waals surface area contributed by atoms with Gasteiger partial charge in [0.25, 0.3) is 0 Å². The Kier molecular flexibility index (Phi) is 4.09. The molecule has 0 bridgehead atoms. The number of carbonyl (C=O) groups excluding carboxylic acids is 2. The van der Waals surface area contributed by atoms with Gasteiger partial charge in [0, 0.05) is 18.3 Å². The van der Waals surface area contributed by atoms with Gasteiger partial charge in [0.2, 0.25) is 0 Å². The van der Waals surface area contributed by atoms with Gasteiger partial charge in [-0.3, -0.25) is 9.59 Å². The Labute approximate surface area is 113 Å². The van der Waals surface area contributed by atoms with Gasteiger partial charge in [-0.2, -0.15) is 0 Å². The Morgan fingerprint density at radius 2 is 2.00 bits per heavy atom. The standard InChI is InChI=1S/C15H22O4/c1-8-4-5-11-10(3)15(18)19-14(11)6-9(2)13(17)7-12(8)16/h4,9-12,14,16H,5-7H2,1-3H3. The van der Waals surface area contributed by atoms with Gasteiger partial charge in [0.1, 0.15) is 11.9 Å². The molecule has 4 heteroatoms. The highest BCUT2D eigenvalue weighted by molar-refractivity contribution is 5.82. The largest absolute Gasteiger partial charge is 0.462 e. The van der Waals surface area contributed by atoms with Gasteiger partial charge in [-0.1, -0.05) is 19.9 Å². The third-order valence-corrected chi connectivity index (χ3v) is 4.53. The van der Waals surface area contributed by atoms with Crippen molar-refractivity contribution in [3.05, 3.63) is 11.6 Å². The average molecular weight is 266 g/mol. The number of fused-ring (bicyclic) bond motifs is 1. The van der Waals surface area contributed by atoms with Crippen molar-refractivity contribution >= 4 is 11.8 Å². The molecule has 1 aliphatic heterocycles. The zero-order valence-corrected chi connectivity index (χ0v) is 11.8. The van der Waals surface area contributed by atoms with E-state index in [1.807, 2.05) is 26.8 Å². The molecule has 0 spiro atoms. The lowest BCUT2D eigenvalue weighted by Crippen LogP contribution is -2.28. The van der Waals surface area contributed by atoms with Crippen LogP contribution >= 0.6 is 0 Å². The van der Waals surface area contributed by atoms with Gasteiger partial charge in [-0.15, -0.1) is 0 Å². The zero-order valence-electron chi connectivity index (χ0n) is 11.8. The third kappa shape index (κ3) is 2.89. The van der Waals surface area contributed by atoms with Gasteiger partial charge >= 0.3 is 5.97 Å². The Bertz CT molecular complexity index is 412. The molecule has 0 saturated carbocycles. The molecule has 2 aliphatic rings. The Balaban J connectivity index is 2.26. The Morgan fingerprint density at radius 3 is 2.68 bits per heavy atom. The third-order valence-electron chi connectivity index (χ3n) is 4.53. The second kappa shape index (κ2) is 5.45. The fourth-order valence-electron chi connectivity index (χ4n) is 2.91. The molecular weight excluding hydrogens is 244 g/mol. The van der Waals surface area contributed by atoms with Crippen molar-refractivity contribution in [2.75, 3.05) is 0 Å². The van der Waals surface area contributed by atoms with Crippen molar-refractivity contribution in [1.29, 1.82) is 0 Å². The molecule has 1 saturated heterocycles. The number of carbonyl (C=O) groups is 2. The maximum atomic E-state index is 12.0. The van der Waals surface area contributed by atoms with E-state index in [1.54, 1.807) is 0 Å². The minimum atomic E-state index is -0.695. The highest BCUT2D eigenvalue weighted by atomic mass is 16.6. The summed E-state index contributed by atoms with van der Waals surface area (Å²) < 4.78 is 5.41. The van der Waals surface area contributed by atoms with Crippen LogP contribution in [0.3, 0.4) is 0 Å². The normalized spacial score (nSPS) is 40.4. The van der Waals surface area contributed by atoms with E-state index in [0.29, 0.717) is 6.42 Å². The van der Waals surface area contributed by atoms with E-state index in [1.165, 1.54) is 0 Å². The molecule has 1 heterocycles. The first-order valence-corrected chi connectivity index (χ1v) is 6.98. The smallest absolute Gasteiger partial charge is 0.309 e. The van der Waals surface area contributed by atoms with Crippen LogP contribution in [0.25, 0.3) is 0 Å². The van der Waals surface area contributed by atoms with Crippen LogP contribution in [0.5, 0.6) is 0 Å². The van der Waals surface area contributed by atoms with E-state index < -0.39 is 6.10 Å². The number of allylic oxidation sites excluding steroid dienone is 1. The monoisotopic (exact) mass is 266 g/mol. The van der Waals surface area contributed by atoms with Gasteiger partial charge in [0.05, 0.1) is 12.0 Å². The molecule has 106 valence electrons. The number of hydrogen-bond acceptors (Lipinski definition) is 4. The molecule has 0 aromatic heterocycles. The predicted octanol–water partition coefficient (Wildman–Crippen LogP) is 1.86. The average Bonchev–Trinajstić information content (AvgIpc) is 2.61. The molecule has 0 radical (unpaired) electrons. The van der Waals surface area contributed by atoms with Crippen molar-refractivity contribution < 1.29 is 19.4 Å². The molecule has 1 N–H and O–H groups in total. The highest BCUT2D eigenvalue weighted by Crippen LogP contribution is 2.36. The van der Waals surface area contributed by atoms with Gasteiger partial charge < -0.3 is 9.84 Å². The number of aliphatic hydroxyl groups is 1. The SMILES string of the molecule is CC1=CCC2C(CC(C)C(=O)CC1O)OC(=O)C2C. The maximum Gasteiger partial charge on any atom is 0.309 e. The van der Waals surface area contributed by atoms with E-state index in [2.05, 4.69) is 0 Å². The van der Waals surface area contributed by atoms with Gasteiger partial charge in [-0.05, 0) is 25.3 Å². The van der Waals surface area contributed by atoms with E-state index in [4.69, 9.17) is 4.74 Å². The number of aliphatic hydroxyl groups excluding tert-OH is 1. The van der Waals surface area contributed by atoms with Crippen molar-refractivity contribution in [2.24, 2.45) is 17.8 Å². The van der Waals surface area contributed by atoms with Crippen LogP contribution in [-0.4, -0.2) is 29.1 Å². The summed E-state index contributed by atoms with van der Waals surface area (Å²) in [6.07, 6.45) is 2.54. The fourth-order valence-corrected chi connectivity index (χ4v) is 2.91. The van der Waals surface area contributed by atoms with Gasteiger partial charge in [-0.25, -0.2) is 0 Å². The summed E-state index contributed by atoms with van der Waals surface area (Å²) in [5.74, 6) is -0.320. The van der Waals surface area contributed by atoms with Crippen LogP contribution in [0.2, 0.25) is 0 Å². The first kappa shape index (κ1) is 14.3. The lowest BCUT2D eigenvalue weighted by Gasteiger charge is -2.24. The van der Waals surface area contributed by atoms with Crippen molar-refractivity contribution in [3.8, 4) is 0 Å². The van der Waals surface area contributed by atoms with Crippen molar-refractivity contribution in [1.82, 2.24) is 0 Å². The number of Topliss-reactive ketones (excluding diaryl/α,β-unsaturated/α-hetero) is 1. The van der Waals surface area contributed by atoms with Crippen molar-refractivity contribution in [3.63, 3.8) is 0 Å². The number of ketones is 1. The number of ether oxygens (including phenoxy) is 1. The molecule has 2 rings (SSSR count). The summed E-state index contributed by atoms with van der Waals surface area (Å²) in [6, 6.07) is 0. The molecular formula is C15H22O4. The summed E-state index contributed by atoms with van der Waals surface area (Å²) in [4.78, 5) is 23.7. The lowest BCUT2D eigenvalue weighted by atomic mass is 9.81. The predicted molar refractivity (Wildman–Crippen MR) is 70.3 cm³/mol. The molecule has 0 aromatic rings. The molecule has 5 atom stereocenters. The Morgan fingerprint density at radius 1 is 1.32 bits per heavy atom. The first-order chi connectivity index (χ1) is 8.90. The summed E-state index contributed by atoms with van der Waals surface area (Å²) in [5, 5.41) is 9.96. The van der Waals surface area contributed by atoms with E-state index >= 15 is 0 Å². The lowest BCUT2D eigenvalue weighted by molar-refractivity contribution is -0.145. The molecule has 1 aliphatic carbocycles. The summed E-state index contributed by atoms with van der Waals surface area (Å²) >= 11 is 0. The van der Waals surface area contributed by atoms with Crippen LogP contribution in [0.15, 0.2) is 11.6 Å². The van der Waals surface area contributed by atoms with E-state index in [9.17, 15) is 14.7 Å². The van der Waals surface area contributed by atoms with E-state index in [-0.39, 0.29) is 42.0 Å². The fraction of sp³-hybridized carbons (Fsp3) is 0.733. The number of hydrogen-bond donors (Lipinski definition) is 1. The van der Waals surface area contributed by atoms with Crippen LogP contribution < -0.4 is 0 Å². The topological polar surface area (TPSA) is 63.6 Å². The highest BCUT2D eigenvalue weighted by Gasteiger charge is 2.42. The number of esters is 1. The van der Waals surface area contributed by atoms with Gasteiger partial charge in [0.15, 0.2) is 0 Å². The minimum Gasteiger partial charge on any atom is -0.462 e. The zero-order chi connectivity index (χ0) is 14.2. The molecule has 1 fully saturated rings. The van der Waals surface area contributed by atoms with Crippen LogP contribution in [0, 0.1) is 17.8 Å². The summed E-state index contributed by atoms with van der Waals surface area (Å²) in [5.41, 5.74) is 0.813. The summed E-state index contributed by atoms with van der Waals surface area (Å²) in [6.45, 7) is 5.57. The van der Waals surface area contributed by atoms with Crippen molar-refractivity contribution in [2.45, 2.75) is 52.2 Å². The van der Waals surface area contributed by atoms with E-state index in [0.717, 1.165) is 12.0 Å². The minimum absolute atomic E-state index is 0.0384. The number of rotatable bonds is 0. The van der Waals surface area contributed by atoms with Crippen LogP contribution in [0.1, 0.15) is 40.0 Å². The maximum absolute atomic E-state index is 12.0. The summed E-state index contributed by atoms with van der Waals surface area (Å²) in [7, 11) is 0. The van der Waals surface area contributed by atoms with Crippen LogP contribution in [0.4, 0.5) is 0 Å². The molecule has 5 unspecified atom stereocenters. The molecule has 4 nitrogen and oxygen atoms in total. The van der Waals surface area contributed by atoms with Crippen LogP contribution in [-0.2, 0) is 14.3 Å².